The normalized spacial score (nSPS) is 23.0. The number of fused-ring (bicyclic) bond motifs is 2. The zero-order valence-corrected chi connectivity index (χ0v) is 26.3. The van der Waals surface area contributed by atoms with Gasteiger partial charge in [0.05, 0.1) is 11.8 Å². The third-order valence-electron chi connectivity index (χ3n) is 8.47. The minimum Gasteiger partial charge on any atom is -0.300 e. The SMILES string of the molecule is CC(C)(CCC(=O)CCCC(=O)CCC(C)(C)CN1C(=O)C=C2SCCC2C1=O)CN1C(=O)C=C2SCCC2C1=O. The van der Waals surface area contributed by atoms with E-state index in [1.807, 2.05) is 27.7 Å². The Kier molecular flexibility index (Phi) is 10.0. The summed E-state index contributed by atoms with van der Waals surface area (Å²) in [6.45, 7) is 8.48. The summed E-state index contributed by atoms with van der Waals surface area (Å²) in [6.07, 6.45) is 7.67. The summed E-state index contributed by atoms with van der Waals surface area (Å²) in [5.41, 5.74) is -0.769. The molecule has 0 aliphatic carbocycles. The first-order chi connectivity index (χ1) is 19.3. The number of ketones is 2. The molecule has 0 spiro atoms. The lowest BCUT2D eigenvalue weighted by Crippen LogP contribution is -2.47. The Morgan fingerprint density at radius 1 is 0.707 bits per heavy atom. The molecule has 2 unspecified atom stereocenters. The summed E-state index contributed by atoms with van der Waals surface area (Å²) < 4.78 is 0. The fourth-order valence-corrected chi connectivity index (χ4v) is 8.24. The zero-order valence-electron chi connectivity index (χ0n) is 24.7. The lowest BCUT2D eigenvalue weighted by Gasteiger charge is -2.34. The molecule has 4 rings (SSSR count). The number of hydrogen-bond acceptors (Lipinski definition) is 8. The van der Waals surface area contributed by atoms with Crippen molar-refractivity contribution in [1.82, 2.24) is 9.80 Å². The van der Waals surface area contributed by atoms with Gasteiger partial charge < -0.3 is 0 Å². The van der Waals surface area contributed by atoms with Crippen LogP contribution in [0.2, 0.25) is 0 Å². The highest BCUT2D eigenvalue weighted by Gasteiger charge is 2.42. The predicted molar refractivity (Wildman–Crippen MR) is 161 cm³/mol. The minimum atomic E-state index is -0.384. The maximum atomic E-state index is 12.8. The summed E-state index contributed by atoms with van der Waals surface area (Å²) in [7, 11) is 0. The van der Waals surface area contributed by atoms with Gasteiger partial charge in [-0.3, -0.25) is 38.6 Å². The van der Waals surface area contributed by atoms with Crippen molar-refractivity contribution in [3.63, 3.8) is 0 Å². The third-order valence-corrected chi connectivity index (χ3v) is 10.8. The molecule has 4 heterocycles. The van der Waals surface area contributed by atoms with Crippen LogP contribution in [0.1, 0.15) is 85.5 Å². The van der Waals surface area contributed by atoms with Crippen LogP contribution in [0, 0.1) is 22.7 Å². The molecule has 0 aromatic carbocycles. The number of rotatable bonds is 14. The van der Waals surface area contributed by atoms with Gasteiger partial charge in [0.1, 0.15) is 11.6 Å². The Morgan fingerprint density at radius 2 is 1.10 bits per heavy atom. The number of amides is 4. The van der Waals surface area contributed by atoms with Gasteiger partial charge in [0.2, 0.25) is 11.8 Å². The highest BCUT2D eigenvalue weighted by atomic mass is 32.2. The number of carbonyl (C=O) groups is 6. The van der Waals surface area contributed by atoms with E-state index in [9.17, 15) is 28.8 Å². The summed E-state index contributed by atoms with van der Waals surface area (Å²) >= 11 is 3.17. The van der Waals surface area contributed by atoms with Gasteiger partial charge >= 0.3 is 0 Å². The minimum absolute atomic E-state index is 0.0801. The van der Waals surface area contributed by atoms with Crippen LogP contribution in [0.3, 0.4) is 0 Å². The van der Waals surface area contributed by atoms with Crippen molar-refractivity contribution < 1.29 is 28.8 Å². The molecule has 41 heavy (non-hydrogen) atoms. The van der Waals surface area contributed by atoms with Gasteiger partial charge in [0.15, 0.2) is 0 Å². The molecule has 8 nitrogen and oxygen atoms in total. The molecule has 0 radical (unpaired) electrons. The van der Waals surface area contributed by atoms with Crippen molar-refractivity contribution in [2.75, 3.05) is 24.6 Å². The molecule has 0 aromatic rings. The van der Waals surface area contributed by atoms with E-state index in [2.05, 4.69) is 0 Å². The molecule has 10 heteroatoms. The van der Waals surface area contributed by atoms with Gasteiger partial charge in [0, 0.05) is 60.7 Å². The molecule has 2 saturated heterocycles. The van der Waals surface area contributed by atoms with E-state index >= 15 is 0 Å². The molecule has 0 aromatic heterocycles. The highest BCUT2D eigenvalue weighted by molar-refractivity contribution is 8.03. The second-order valence-corrected chi connectivity index (χ2v) is 15.6. The molecule has 0 saturated carbocycles. The van der Waals surface area contributed by atoms with Crippen LogP contribution in [0.25, 0.3) is 0 Å². The van der Waals surface area contributed by atoms with Gasteiger partial charge in [0.25, 0.3) is 11.8 Å². The number of hydrogen-bond donors (Lipinski definition) is 0. The van der Waals surface area contributed by atoms with Crippen LogP contribution >= 0.6 is 23.5 Å². The molecular weight excluding hydrogens is 560 g/mol. The fourth-order valence-electron chi connectivity index (χ4n) is 5.86. The second kappa shape index (κ2) is 13.0. The fraction of sp³-hybridized carbons (Fsp3) is 0.677. The van der Waals surface area contributed by atoms with Crippen LogP contribution in [0.5, 0.6) is 0 Å². The number of Topliss-reactive ketones (excluding diaryl/α,β-unsaturated/α-hetero) is 2. The monoisotopic (exact) mass is 602 g/mol. The molecule has 2 fully saturated rings. The highest BCUT2D eigenvalue weighted by Crippen LogP contribution is 2.42. The van der Waals surface area contributed by atoms with Crippen molar-refractivity contribution in [2.24, 2.45) is 22.7 Å². The Morgan fingerprint density at radius 3 is 1.49 bits per heavy atom. The van der Waals surface area contributed by atoms with E-state index in [1.54, 1.807) is 35.7 Å². The first-order valence-electron chi connectivity index (χ1n) is 14.7. The first kappa shape index (κ1) is 31.7. The van der Waals surface area contributed by atoms with E-state index in [0.29, 0.717) is 58.0 Å². The van der Waals surface area contributed by atoms with E-state index in [1.165, 1.54) is 9.80 Å². The molecule has 4 aliphatic rings. The summed E-state index contributed by atoms with van der Waals surface area (Å²) in [4.78, 5) is 80.4. The van der Waals surface area contributed by atoms with Crippen molar-refractivity contribution in [3.05, 3.63) is 22.0 Å². The van der Waals surface area contributed by atoms with Crippen LogP contribution < -0.4 is 0 Å². The quantitative estimate of drug-likeness (QED) is 0.258. The number of imide groups is 2. The van der Waals surface area contributed by atoms with Crippen molar-refractivity contribution >= 4 is 58.7 Å². The largest absolute Gasteiger partial charge is 0.300 e. The lowest BCUT2D eigenvalue weighted by molar-refractivity contribution is -0.148. The summed E-state index contributed by atoms with van der Waals surface area (Å²) in [5, 5.41) is 0. The maximum Gasteiger partial charge on any atom is 0.254 e. The molecular formula is C31H42N2O6S2. The molecule has 0 N–H and O–H groups in total. The number of nitrogens with zero attached hydrogens (tertiary/aromatic N) is 2. The Bertz CT molecular complexity index is 1100. The number of carbonyl (C=O) groups excluding carboxylic acids is 6. The van der Waals surface area contributed by atoms with E-state index in [0.717, 1.165) is 34.2 Å². The maximum absolute atomic E-state index is 12.8. The first-order valence-corrected chi connectivity index (χ1v) is 16.7. The van der Waals surface area contributed by atoms with Gasteiger partial charge in [-0.2, -0.15) is 0 Å². The van der Waals surface area contributed by atoms with Gasteiger partial charge in [-0.15, -0.1) is 23.5 Å². The van der Waals surface area contributed by atoms with Crippen LogP contribution in [-0.2, 0) is 28.8 Å². The summed E-state index contributed by atoms with van der Waals surface area (Å²) in [5.74, 6) is 0.746. The van der Waals surface area contributed by atoms with Crippen LogP contribution in [-0.4, -0.2) is 69.6 Å². The lowest BCUT2D eigenvalue weighted by atomic mass is 9.84. The molecule has 0 bridgehead atoms. The van der Waals surface area contributed by atoms with Crippen molar-refractivity contribution in [2.45, 2.75) is 85.5 Å². The Labute approximate surface area is 251 Å². The predicted octanol–water partition coefficient (Wildman–Crippen LogP) is 4.92. The summed E-state index contributed by atoms with van der Waals surface area (Å²) in [6, 6.07) is 0. The van der Waals surface area contributed by atoms with E-state index in [-0.39, 0.29) is 57.9 Å². The zero-order chi connectivity index (χ0) is 29.9. The van der Waals surface area contributed by atoms with E-state index < -0.39 is 0 Å². The van der Waals surface area contributed by atoms with Crippen LogP contribution in [0.4, 0.5) is 0 Å². The second-order valence-electron chi connectivity index (χ2n) is 13.3. The molecule has 4 aliphatic heterocycles. The Balaban J connectivity index is 1.14. The Hall–Kier alpha value is -2.20. The molecule has 2 atom stereocenters. The van der Waals surface area contributed by atoms with Gasteiger partial charge in [-0.1, -0.05) is 27.7 Å². The molecule has 224 valence electrons. The standard InChI is InChI=1S/C31H42N2O6S2/c1-30(2,18-32-26(36)16-24-22(28(32)38)10-14-40-24)12-8-20(34)6-5-7-21(35)9-13-31(3,4)19-33-27(37)17-25-23(29(33)39)11-15-41-25/h16-17,22-23H,5-15,18-19H2,1-4H3. The molecule has 4 amide bonds. The average molecular weight is 603 g/mol. The topological polar surface area (TPSA) is 109 Å². The smallest absolute Gasteiger partial charge is 0.254 e. The van der Waals surface area contributed by atoms with Gasteiger partial charge in [-0.05, 0) is 54.4 Å². The average Bonchev–Trinajstić information content (AvgIpc) is 3.56. The van der Waals surface area contributed by atoms with Crippen LogP contribution in [0.15, 0.2) is 22.0 Å². The van der Waals surface area contributed by atoms with Crippen molar-refractivity contribution in [1.29, 1.82) is 0 Å². The number of thioether (sulfide) groups is 2. The van der Waals surface area contributed by atoms with Gasteiger partial charge in [-0.25, -0.2) is 0 Å². The van der Waals surface area contributed by atoms with Crippen molar-refractivity contribution in [3.8, 4) is 0 Å². The van der Waals surface area contributed by atoms with E-state index in [4.69, 9.17) is 0 Å². The third kappa shape index (κ3) is 8.00.